The summed E-state index contributed by atoms with van der Waals surface area (Å²) in [5.41, 5.74) is 1.92. The van der Waals surface area contributed by atoms with Crippen molar-refractivity contribution in [2.45, 2.75) is 19.6 Å². The largest absolute Gasteiger partial charge is 0.459 e. The topological polar surface area (TPSA) is 63.5 Å². The van der Waals surface area contributed by atoms with Crippen molar-refractivity contribution in [3.8, 4) is 0 Å². The molecule has 0 aliphatic carbocycles. The Kier molecular flexibility index (Phi) is 3.71. The number of aryl methyl sites for hydroxylation is 1. The lowest BCUT2D eigenvalue weighted by Crippen LogP contribution is -2.47. The van der Waals surface area contributed by atoms with Gasteiger partial charge in [0.1, 0.15) is 17.4 Å². The van der Waals surface area contributed by atoms with E-state index in [1.54, 1.807) is 0 Å². The van der Waals surface area contributed by atoms with Crippen LogP contribution in [0.15, 0.2) is 28.7 Å². The summed E-state index contributed by atoms with van der Waals surface area (Å²) in [5.74, 6) is 0.695. The molecule has 1 unspecified atom stereocenters. The average molecular weight is 274 g/mol. The number of fused-ring (bicyclic) bond motifs is 1. The molecule has 106 valence electrons. The third-order valence-electron chi connectivity index (χ3n) is 3.59. The second kappa shape index (κ2) is 5.64. The van der Waals surface area contributed by atoms with Crippen LogP contribution >= 0.6 is 0 Å². The van der Waals surface area contributed by atoms with Gasteiger partial charge in [-0.1, -0.05) is 18.2 Å². The molecule has 0 saturated carbocycles. The lowest BCUT2D eigenvalue weighted by Gasteiger charge is -2.22. The quantitative estimate of drug-likeness (QED) is 0.886. The highest BCUT2D eigenvalue weighted by Gasteiger charge is 2.22. The summed E-state index contributed by atoms with van der Waals surface area (Å²) in [6.45, 7) is 4.32. The summed E-state index contributed by atoms with van der Waals surface area (Å²) in [4.78, 5) is 12.0. The highest BCUT2D eigenvalue weighted by atomic mass is 16.5. The Morgan fingerprint density at radius 1 is 1.45 bits per heavy atom. The SMILES string of the molecule is Cc1c(CNC(=O)C2CNCCO2)oc2ccccc12. The van der Waals surface area contributed by atoms with Crippen LogP contribution in [-0.4, -0.2) is 31.7 Å². The van der Waals surface area contributed by atoms with Gasteiger partial charge in [0.25, 0.3) is 5.91 Å². The molecule has 2 aromatic rings. The number of ether oxygens (including phenoxy) is 1. The second-order valence-electron chi connectivity index (χ2n) is 4.93. The normalized spacial score (nSPS) is 19.1. The summed E-state index contributed by atoms with van der Waals surface area (Å²) >= 11 is 0. The van der Waals surface area contributed by atoms with Gasteiger partial charge in [-0.3, -0.25) is 4.79 Å². The number of carbonyl (C=O) groups is 1. The van der Waals surface area contributed by atoms with Crippen molar-refractivity contribution in [2.75, 3.05) is 19.7 Å². The van der Waals surface area contributed by atoms with Crippen LogP contribution < -0.4 is 10.6 Å². The first-order valence-corrected chi connectivity index (χ1v) is 6.83. The maximum absolute atomic E-state index is 12.0. The minimum atomic E-state index is -0.409. The molecule has 3 rings (SSSR count). The van der Waals surface area contributed by atoms with Gasteiger partial charge < -0.3 is 19.8 Å². The molecule has 1 amide bonds. The third-order valence-corrected chi connectivity index (χ3v) is 3.59. The van der Waals surface area contributed by atoms with Crippen LogP contribution in [0, 0.1) is 6.92 Å². The molecule has 1 aliphatic rings. The molecule has 2 N–H and O–H groups in total. The van der Waals surface area contributed by atoms with E-state index in [4.69, 9.17) is 9.15 Å². The van der Waals surface area contributed by atoms with Crippen LogP contribution in [0.4, 0.5) is 0 Å². The minimum absolute atomic E-state index is 0.0999. The van der Waals surface area contributed by atoms with Crippen molar-refractivity contribution in [2.24, 2.45) is 0 Å². The smallest absolute Gasteiger partial charge is 0.250 e. The van der Waals surface area contributed by atoms with Gasteiger partial charge in [-0.15, -0.1) is 0 Å². The molecular weight excluding hydrogens is 256 g/mol. The maximum Gasteiger partial charge on any atom is 0.250 e. The highest BCUT2D eigenvalue weighted by Crippen LogP contribution is 2.24. The lowest BCUT2D eigenvalue weighted by atomic mass is 10.1. The summed E-state index contributed by atoms with van der Waals surface area (Å²) in [7, 11) is 0. The number of amides is 1. The van der Waals surface area contributed by atoms with E-state index in [2.05, 4.69) is 10.6 Å². The van der Waals surface area contributed by atoms with Crippen molar-refractivity contribution in [3.05, 3.63) is 35.6 Å². The number of rotatable bonds is 3. The maximum atomic E-state index is 12.0. The Balaban J connectivity index is 1.67. The van der Waals surface area contributed by atoms with Crippen molar-refractivity contribution < 1.29 is 13.9 Å². The first-order valence-electron chi connectivity index (χ1n) is 6.83. The Morgan fingerprint density at radius 2 is 2.30 bits per heavy atom. The molecule has 2 heterocycles. The molecule has 0 bridgehead atoms. The van der Waals surface area contributed by atoms with E-state index in [9.17, 15) is 4.79 Å². The van der Waals surface area contributed by atoms with Crippen LogP contribution in [0.1, 0.15) is 11.3 Å². The highest BCUT2D eigenvalue weighted by molar-refractivity contribution is 5.83. The predicted molar refractivity (Wildman–Crippen MR) is 75.4 cm³/mol. The van der Waals surface area contributed by atoms with E-state index in [1.807, 2.05) is 31.2 Å². The van der Waals surface area contributed by atoms with E-state index in [0.717, 1.165) is 28.8 Å². The van der Waals surface area contributed by atoms with Gasteiger partial charge >= 0.3 is 0 Å². The van der Waals surface area contributed by atoms with Crippen molar-refractivity contribution in [3.63, 3.8) is 0 Å². The van der Waals surface area contributed by atoms with E-state index < -0.39 is 6.10 Å². The molecule has 1 aromatic carbocycles. The van der Waals surface area contributed by atoms with Gasteiger partial charge in [0.2, 0.25) is 0 Å². The van der Waals surface area contributed by atoms with Gasteiger partial charge in [-0.2, -0.15) is 0 Å². The van der Waals surface area contributed by atoms with Crippen molar-refractivity contribution >= 4 is 16.9 Å². The number of furan rings is 1. The Bertz CT molecular complexity index is 615. The second-order valence-corrected chi connectivity index (χ2v) is 4.93. The molecule has 20 heavy (non-hydrogen) atoms. The Labute approximate surface area is 117 Å². The molecular formula is C15H18N2O3. The van der Waals surface area contributed by atoms with Crippen LogP contribution in [-0.2, 0) is 16.1 Å². The van der Waals surface area contributed by atoms with Crippen LogP contribution in [0.25, 0.3) is 11.0 Å². The van der Waals surface area contributed by atoms with Gasteiger partial charge in [0, 0.05) is 24.0 Å². The number of hydrogen-bond donors (Lipinski definition) is 2. The standard InChI is InChI=1S/C15H18N2O3/c1-10-11-4-2-3-5-12(11)20-13(10)9-17-15(18)14-8-16-6-7-19-14/h2-5,14,16H,6-9H2,1H3,(H,17,18). The number of benzene rings is 1. The van der Waals surface area contributed by atoms with Gasteiger partial charge in [0.15, 0.2) is 0 Å². The number of morpholine rings is 1. The van der Waals surface area contributed by atoms with Crippen LogP contribution in [0.2, 0.25) is 0 Å². The number of carbonyl (C=O) groups excluding carboxylic acids is 1. The summed E-state index contributed by atoms with van der Waals surface area (Å²) in [6.07, 6.45) is -0.409. The van der Waals surface area contributed by atoms with Crippen molar-refractivity contribution in [1.29, 1.82) is 0 Å². The third kappa shape index (κ3) is 2.55. The predicted octanol–water partition coefficient (Wildman–Crippen LogP) is 1.35. The molecule has 1 aliphatic heterocycles. The molecule has 0 radical (unpaired) electrons. The first-order chi connectivity index (χ1) is 9.75. The molecule has 0 spiro atoms. The lowest BCUT2D eigenvalue weighted by molar-refractivity contribution is -0.134. The monoisotopic (exact) mass is 274 g/mol. The molecule has 5 heteroatoms. The van der Waals surface area contributed by atoms with Gasteiger partial charge in [-0.05, 0) is 13.0 Å². The minimum Gasteiger partial charge on any atom is -0.459 e. The molecule has 1 atom stereocenters. The van der Waals surface area contributed by atoms with Crippen LogP contribution in [0.3, 0.4) is 0 Å². The van der Waals surface area contributed by atoms with Crippen LogP contribution in [0.5, 0.6) is 0 Å². The van der Waals surface area contributed by atoms with E-state index in [-0.39, 0.29) is 5.91 Å². The molecule has 1 aromatic heterocycles. The van der Waals surface area contributed by atoms with E-state index in [0.29, 0.717) is 19.7 Å². The summed E-state index contributed by atoms with van der Waals surface area (Å²) in [6, 6.07) is 7.87. The van der Waals surface area contributed by atoms with E-state index >= 15 is 0 Å². The number of hydrogen-bond acceptors (Lipinski definition) is 4. The van der Waals surface area contributed by atoms with Crippen molar-refractivity contribution in [1.82, 2.24) is 10.6 Å². The fourth-order valence-electron chi connectivity index (χ4n) is 2.41. The zero-order chi connectivity index (χ0) is 13.9. The summed E-state index contributed by atoms with van der Waals surface area (Å²) < 4.78 is 11.2. The fraction of sp³-hybridized carbons (Fsp3) is 0.400. The molecule has 1 saturated heterocycles. The average Bonchev–Trinajstić information content (AvgIpc) is 2.83. The molecule has 1 fully saturated rings. The number of para-hydroxylation sites is 1. The van der Waals surface area contributed by atoms with Gasteiger partial charge in [-0.25, -0.2) is 0 Å². The Morgan fingerprint density at radius 3 is 3.05 bits per heavy atom. The fourth-order valence-corrected chi connectivity index (χ4v) is 2.41. The summed E-state index contributed by atoms with van der Waals surface area (Å²) in [5, 5.41) is 7.10. The van der Waals surface area contributed by atoms with E-state index in [1.165, 1.54) is 0 Å². The zero-order valence-corrected chi connectivity index (χ0v) is 11.4. The van der Waals surface area contributed by atoms with Gasteiger partial charge in [0.05, 0.1) is 13.2 Å². The first kappa shape index (κ1) is 13.1. The molecule has 5 nitrogen and oxygen atoms in total. The Hall–Kier alpha value is -1.85. The zero-order valence-electron chi connectivity index (χ0n) is 11.4. The number of nitrogens with one attached hydrogen (secondary N) is 2.